The van der Waals surface area contributed by atoms with Gasteiger partial charge in [0.2, 0.25) is 0 Å². The van der Waals surface area contributed by atoms with E-state index in [4.69, 9.17) is 4.74 Å². The summed E-state index contributed by atoms with van der Waals surface area (Å²) in [7, 11) is 0. The van der Waals surface area contributed by atoms with Gasteiger partial charge in [0.1, 0.15) is 18.1 Å². The average Bonchev–Trinajstić information content (AvgIpc) is 3.02. The van der Waals surface area contributed by atoms with Crippen molar-refractivity contribution in [3.8, 4) is 11.5 Å². The summed E-state index contributed by atoms with van der Waals surface area (Å²) in [4.78, 5) is 5.02. The minimum Gasteiger partial charge on any atom is -0.508 e. The van der Waals surface area contributed by atoms with Crippen LogP contribution in [0.3, 0.4) is 0 Å². The van der Waals surface area contributed by atoms with Crippen LogP contribution in [0.5, 0.6) is 11.5 Å². The summed E-state index contributed by atoms with van der Waals surface area (Å²) in [5.74, 6) is 1.27. The lowest BCUT2D eigenvalue weighted by molar-refractivity contribution is 0.214. The topological polar surface area (TPSA) is 35.9 Å². The van der Waals surface area contributed by atoms with Crippen LogP contribution in [-0.4, -0.2) is 36.2 Å². The molecule has 0 saturated carbocycles. The Balaban J connectivity index is 1.30. The number of rotatable bonds is 7. The first-order chi connectivity index (χ1) is 17.0. The van der Waals surface area contributed by atoms with Gasteiger partial charge >= 0.3 is 0 Å². The maximum Gasteiger partial charge on any atom is 0.119 e. The number of nitrogens with zero attached hydrogens (tertiary/aromatic N) is 2. The fraction of sp³-hybridized carbons (Fsp3) is 0.419. The van der Waals surface area contributed by atoms with Crippen LogP contribution in [0.2, 0.25) is 0 Å². The Morgan fingerprint density at radius 1 is 0.886 bits per heavy atom. The number of fused-ring (bicyclic) bond motifs is 1. The number of anilines is 1. The van der Waals surface area contributed by atoms with Crippen LogP contribution < -0.4 is 9.64 Å². The van der Waals surface area contributed by atoms with E-state index in [-0.39, 0.29) is 11.5 Å². The second kappa shape index (κ2) is 10.3. The molecule has 1 fully saturated rings. The highest BCUT2D eigenvalue weighted by Gasteiger charge is 2.45. The van der Waals surface area contributed by atoms with Crippen LogP contribution in [-0.2, 0) is 12.0 Å². The standard InChI is InChI=1S/C31H38N2O2/c1-31(2)28-22-26(34)14-17-29(28)33(30(31)25-10-6-5-7-11-25)23-24-12-15-27(16-13-24)35-21-20-32-18-8-3-4-9-19-32/h5-7,10-17,22,30,34H,3-4,8-9,18-21,23H2,1-2H3/t30-/m0/s1. The summed E-state index contributed by atoms with van der Waals surface area (Å²) in [5.41, 5.74) is 4.80. The zero-order chi connectivity index (χ0) is 24.3. The molecule has 3 aromatic carbocycles. The number of hydrogen-bond acceptors (Lipinski definition) is 4. The van der Waals surface area contributed by atoms with Crippen molar-refractivity contribution in [1.29, 1.82) is 0 Å². The first-order valence-corrected chi connectivity index (χ1v) is 13.1. The molecule has 0 aliphatic carbocycles. The van der Waals surface area contributed by atoms with E-state index in [1.54, 1.807) is 6.07 Å². The van der Waals surface area contributed by atoms with Crippen molar-refractivity contribution in [2.75, 3.05) is 31.1 Å². The van der Waals surface area contributed by atoms with E-state index in [0.717, 1.165) is 25.4 Å². The monoisotopic (exact) mass is 470 g/mol. The number of phenolic OH excluding ortho intramolecular Hbond substituents is 1. The Hall–Kier alpha value is -2.98. The van der Waals surface area contributed by atoms with Crippen LogP contribution >= 0.6 is 0 Å². The minimum absolute atomic E-state index is 0.133. The Morgan fingerprint density at radius 3 is 2.31 bits per heavy atom. The van der Waals surface area contributed by atoms with Gasteiger partial charge in [-0.2, -0.15) is 0 Å². The second-order valence-corrected chi connectivity index (χ2v) is 10.6. The number of likely N-dealkylation sites (tertiary alicyclic amines) is 1. The van der Waals surface area contributed by atoms with Gasteiger partial charge in [0.25, 0.3) is 0 Å². The van der Waals surface area contributed by atoms with Gasteiger partial charge in [-0.15, -0.1) is 0 Å². The molecule has 5 rings (SSSR count). The number of benzene rings is 3. The molecule has 184 valence electrons. The Morgan fingerprint density at radius 2 is 1.60 bits per heavy atom. The Bertz CT molecular complexity index is 1100. The molecular formula is C31H38N2O2. The van der Waals surface area contributed by atoms with Gasteiger partial charge in [0, 0.05) is 24.2 Å². The highest BCUT2D eigenvalue weighted by atomic mass is 16.5. The SMILES string of the molecule is CC1(C)c2cc(O)ccc2N(Cc2ccc(OCCN3CCCCCC3)cc2)[C@H]1c1ccccc1. The minimum atomic E-state index is -0.133. The van der Waals surface area contributed by atoms with Crippen molar-refractivity contribution in [1.82, 2.24) is 4.90 Å². The molecule has 0 bridgehead atoms. The summed E-state index contributed by atoms with van der Waals surface area (Å²) in [5, 5.41) is 10.2. The first kappa shape index (κ1) is 23.7. The molecule has 1 atom stereocenters. The molecule has 4 heteroatoms. The van der Waals surface area contributed by atoms with Crippen molar-refractivity contribution in [2.45, 2.75) is 57.5 Å². The maximum absolute atomic E-state index is 10.2. The van der Waals surface area contributed by atoms with Gasteiger partial charge in [-0.05, 0) is 73.0 Å². The van der Waals surface area contributed by atoms with Gasteiger partial charge in [-0.1, -0.05) is 69.2 Å². The van der Waals surface area contributed by atoms with Crippen LogP contribution in [0.25, 0.3) is 0 Å². The van der Waals surface area contributed by atoms with E-state index in [0.29, 0.717) is 5.75 Å². The maximum atomic E-state index is 10.2. The zero-order valence-electron chi connectivity index (χ0n) is 21.1. The molecule has 1 saturated heterocycles. The fourth-order valence-corrected chi connectivity index (χ4v) is 5.92. The van der Waals surface area contributed by atoms with E-state index >= 15 is 0 Å². The molecule has 1 N–H and O–H groups in total. The van der Waals surface area contributed by atoms with E-state index in [9.17, 15) is 5.11 Å². The zero-order valence-corrected chi connectivity index (χ0v) is 21.1. The lowest BCUT2D eigenvalue weighted by atomic mass is 9.77. The molecule has 3 aromatic rings. The van der Waals surface area contributed by atoms with Crippen LogP contribution in [0.15, 0.2) is 72.8 Å². The predicted octanol–water partition coefficient (Wildman–Crippen LogP) is 6.69. The third-order valence-corrected chi connectivity index (χ3v) is 7.75. The molecule has 35 heavy (non-hydrogen) atoms. The molecule has 2 heterocycles. The lowest BCUT2D eigenvalue weighted by Gasteiger charge is -2.35. The van der Waals surface area contributed by atoms with E-state index in [1.165, 1.54) is 61.2 Å². The molecule has 2 aliphatic rings. The van der Waals surface area contributed by atoms with Crippen molar-refractivity contribution < 1.29 is 9.84 Å². The second-order valence-electron chi connectivity index (χ2n) is 10.6. The van der Waals surface area contributed by atoms with Crippen molar-refractivity contribution in [3.63, 3.8) is 0 Å². The average molecular weight is 471 g/mol. The lowest BCUT2D eigenvalue weighted by Crippen LogP contribution is -2.33. The smallest absolute Gasteiger partial charge is 0.119 e. The van der Waals surface area contributed by atoms with Gasteiger partial charge < -0.3 is 14.7 Å². The summed E-state index contributed by atoms with van der Waals surface area (Å²) >= 11 is 0. The van der Waals surface area contributed by atoms with Gasteiger partial charge in [-0.3, -0.25) is 4.90 Å². The molecule has 4 nitrogen and oxygen atoms in total. The van der Waals surface area contributed by atoms with Gasteiger partial charge in [0.15, 0.2) is 0 Å². The molecule has 0 spiro atoms. The predicted molar refractivity (Wildman–Crippen MR) is 143 cm³/mol. The number of hydrogen-bond donors (Lipinski definition) is 1. The number of aromatic hydroxyl groups is 1. The quantitative estimate of drug-likeness (QED) is 0.417. The Kier molecular flexibility index (Phi) is 7.01. The highest BCUT2D eigenvalue weighted by molar-refractivity contribution is 5.67. The highest BCUT2D eigenvalue weighted by Crippen LogP contribution is 2.54. The number of ether oxygens (including phenoxy) is 1. The molecule has 2 aliphatic heterocycles. The molecule has 0 radical (unpaired) electrons. The normalized spacial score (nSPS) is 19.8. The van der Waals surface area contributed by atoms with Crippen LogP contribution in [0.4, 0.5) is 5.69 Å². The summed E-state index contributed by atoms with van der Waals surface area (Å²) in [6.45, 7) is 9.52. The molecule has 0 aromatic heterocycles. The van der Waals surface area contributed by atoms with Gasteiger partial charge in [0.05, 0.1) is 6.04 Å². The Labute approximate surface area is 210 Å². The largest absolute Gasteiger partial charge is 0.508 e. The molecule has 0 amide bonds. The van der Waals surface area contributed by atoms with Crippen molar-refractivity contribution in [3.05, 3.63) is 89.5 Å². The van der Waals surface area contributed by atoms with Crippen LogP contribution in [0.1, 0.15) is 62.3 Å². The van der Waals surface area contributed by atoms with Crippen LogP contribution in [0, 0.1) is 0 Å². The fourth-order valence-electron chi connectivity index (χ4n) is 5.92. The summed E-state index contributed by atoms with van der Waals surface area (Å²) < 4.78 is 6.08. The van der Waals surface area contributed by atoms with Crippen molar-refractivity contribution >= 4 is 5.69 Å². The van der Waals surface area contributed by atoms with E-state index < -0.39 is 0 Å². The number of phenols is 1. The molecule has 0 unspecified atom stereocenters. The third-order valence-electron chi connectivity index (χ3n) is 7.75. The third kappa shape index (κ3) is 5.18. The summed E-state index contributed by atoms with van der Waals surface area (Å²) in [6.07, 6.45) is 5.36. The summed E-state index contributed by atoms with van der Waals surface area (Å²) in [6, 6.07) is 25.3. The van der Waals surface area contributed by atoms with E-state index in [2.05, 4.69) is 84.3 Å². The van der Waals surface area contributed by atoms with Gasteiger partial charge in [-0.25, -0.2) is 0 Å². The van der Waals surface area contributed by atoms with E-state index in [1.807, 2.05) is 6.07 Å². The first-order valence-electron chi connectivity index (χ1n) is 13.1. The molecular weight excluding hydrogens is 432 g/mol. The van der Waals surface area contributed by atoms with Crippen molar-refractivity contribution in [2.24, 2.45) is 0 Å².